The molecule has 3 aromatic carbocycles. The summed E-state index contributed by atoms with van der Waals surface area (Å²) in [7, 11) is 0. The average Bonchev–Trinajstić information content (AvgIpc) is 2.80. The van der Waals surface area contributed by atoms with Crippen LogP contribution in [0.4, 0.5) is 8.78 Å². The number of carboxylic acids is 1. The van der Waals surface area contributed by atoms with Crippen LogP contribution in [-0.4, -0.2) is 35.7 Å². The van der Waals surface area contributed by atoms with Crippen LogP contribution in [0.3, 0.4) is 0 Å². The first kappa shape index (κ1) is 25.6. The summed E-state index contributed by atoms with van der Waals surface area (Å²) in [5.41, 5.74) is 5.84. The van der Waals surface area contributed by atoms with Gasteiger partial charge in [0.05, 0.1) is 12.5 Å². The molecule has 188 valence electrons. The van der Waals surface area contributed by atoms with Crippen LogP contribution in [0.2, 0.25) is 0 Å². The lowest BCUT2D eigenvalue weighted by atomic mass is 9.97. The molecule has 0 aliphatic carbocycles. The molecule has 1 aliphatic rings. The molecule has 0 spiro atoms. The maximum absolute atomic E-state index is 13.9. The number of carboxylic acid groups (broad SMARTS) is 1. The SMILES string of the molecule is Cc1ccc(C=C(CCCOc2ccc(CN3CC(C(=O)O)C3)cc2)c2cc(F)cc(F)c2)cc1C. The molecule has 1 aliphatic heterocycles. The molecule has 1 N–H and O–H groups in total. The first-order valence-corrected chi connectivity index (χ1v) is 12.2. The van der Waals surface area contributed by atoms with E-state index < -0.39 is 17.6 Å². The first-order chi connectivity index (χ1) is 17.3. The lowest BCUT2D eigenvalue weighted by molar-refractivity contribution is -0.147. The Labute approximate surface area is 210 Å². The van der Waals surface area contributed by atoms with Gasteiger partial charge in [-0.2, -0.15) is 0 Å². The highest BCUT2D eigenvalue weighted by Crippen LogP contribution is 2.26. The molecule has 6 heteroatoms. The van der Waals surface area contributed by atoms with E-state index in [1.807, 2.05) is 49.4 Å². The minimum absolute atomic E-state index is 0.259. The molecule has 36 heavy (non-hydrogen) atoms. The minimum atomic E-state index is -0.732. The van der Waals surface area contributed by atoms with Crippen molar-refractivity contribution in [2.45, 2.75) is 33.2 Å². The third-order valence-corrected chi connectivity index (χ3v) is 6.60. The maximum Gasteiger partial charge on any atom is 0.309 e. The van der Waals surface area contributed by atoms with E-state index >= 15 is 0 Å². The van der Waals surface area contributed by atoms with Crippen molar-refractivity contribution in [1.29, 1.82) is 0 Å². The second-order valence-electron chi connectivity index (χ2n) is 9.50. The van der Waals surface area contributed by atoms with Gasteiger partial charge in [0.1, 0.15) is 17.4 Å². The molecular weight excluding hydrogens is 460 g/mol. The summed E-state index contributed by atoms with van der Waals surface area (Å²) < 4.78 is 33.8. The number of rotatable bonds is 10. The van der Waals surface area contributed by atoms with Gasteiger partial charge in [-0.15, -0.1) is 0 Å². The smallest absolute Gasteiger partial charge is 0.309 e. The summed E-state index contributed by atoms with van der Waals surface area (Å²) in [5, 5.41) is 8.99. The number of ether oxygens (including phenoxy) is 1. The van der Waals surface area contributed by atoms with Crippen molar-refractivity contribution >= 4 is 17.6 Å². The summed E-state index contributed by atoms with van der Waals surface area (Å²) in [4.78, 5) is 13.0. The topological polar surface area (TPSA) is 49.8 Å². The molecule has 3 aromatic rings. The summed E-state index contributed by atoms with van der Waals surface area (Å²) >= 11 is 0. The number of hydrogen-bond donors (Lipinski definition) is 1. The molecule has 0 saturated carbocycles. The number of aryl methyl sites for hydroxylation is 2. The second-order valence-corrected chi connectivity index (χ2v) is 9.50. The van der Waals surface area contributed by atoms with E-state index in [0.29, 0.717) is 38.1 Å². The van der Waals surface area contributed by atoms with E-state index in [1.54, 1.807) is 0 Å². The van der Waals surface area contributed by atoms with Gasteiger partial charge in [0.15, 0.2) is 0 Å². The van der Waals surface area contributed by atoms with E-state index in [4.69, 9.17) is 9.84 Å². The fourth-order valence-corrected chi connectivity index (χ4v) is 4.35. The van der Waals surface area contributed by atoms with Gasteiger partial charge in [-0.1, -0.05) is 36.4 Å². The molecule has 1 heterocycles. The predicted molar refractivity (Wildman–Crippen MR) is 138 cm³/mol. The van der Waals surface area contributed by atoms with E-state index in [-0.39, 0.29) is 5.92 Å². The van der Waals surface area contributed by atoms with Crippen molar-refractivity contribution in [3.8, 4) is 5.75 Å². The van der Waals surface area contributed by atoms with Crippen molar-refractivity contribution in [1.82, 2.24) is 4.90 Å². The van der Waals surface area contributed by atoms with Gasteiger partial charge in [-0.25, -0.2) is 8.78 Å². The molecule has 1 saturated heterocycles. The molecular formula is C30H31F2NO3. The van der Waals surface area contributed by atoms with Crippen molar-refractivity contribution < 1.29 is 23.4 Å². The monoisotopic (exact) mass is 491 g/mol. The van der Waals surface area contributed by atoms with Gasteiger partial charge in [-0.05, 0) is 84.3 Å². The minimum Gasteiger partial charge on any atom is -0.494 e. The Bertz CT molecular complexity index is 1230. The van der Waals surface area contributed by atoms with Gasteiger partial charge in [0.25, 0.3) is 0 Å². The number of nitrogens with zero attached hydrogens (tertiary/aromatic N) is 1. The molecule has 4 rings (SSSR count). The van der Waals surface area contributed by atoms with Crippen LogP contribution >= 0.6 is 0 Å². The number of carbonyl (C=O) groups is 1. The van der Waals surface area contributed by atoms with Gasteiger partial charge in [-0.3, -0.25) is 9.69 Å². The van der Waals surface area contributed by atoms with Gasteiger partial charge in [0.2, 0.25) is 0 Å². The standard InChI is InChI=1S/C30H31F2NO3/c1-20-5-6-23(12-21(20)2)13-24(25-14-27(31)16-28(32)15-25)4-3-11-36-29-9-7-22(8-10-29)17-33-18-26(19-33)30(34)35/h5-10,12-16,26H,3-4,11,17-19H2,1-2H3,(H,34,35). The van der Waals surface area contributed by atoms with Crippen molar-refractivity contribution in [2.24, 2.45) is 5.92 Å². The normalized spacial score (nSPS) is 14.5. The van der Waals surface area contributed by atoms with Crippen molar-refractivity contribution in [2.75, 3.05) is 19.7 Å². The van der Waals surface area contributed by atoms with Gasteiger partial charge in [0, 0.05) is 25.7 Å². The van der Waals surface area contributed by atoms with Crippen LogP contribution in [0.1, 0.15) is 40.7 Å². The van der Waals surface area contributed by atoms with Crippen LogP contribution in [0.15, 0.2) is 60.7 Å². The highest BCUT2D eigenvalue weighted by molar-refractivity contribution is 5.81. The Hall–Kier alpha value is -3.51. The zero-order valence-electron chi connectivity index (χ0n) is 20.6. The number of likely N-dealkylation sites (tertiary alicyclic amines) is 1. The molecule has 1 fully saturated rings. The number of aliphatic carboxylic acids is 1. The zero-order chi connectivity index (χ0) is 25.7. The number of benzene rings is 3. The number of halogens is 2. The lowest BCUT2D eigenvalue weighted by Crippen LogP contribution is -2.49. The van der Waals surface area contributed by atoms with E-state index in [9.17, 15) is 13.6 Å². The molecule has 0 aromatic heterocycles. The van der Waals surface area contributed by atoms with Crippen molar-refractivity contribution in [3.05, 3.63) is 100 Å². The summed E-state index contributed by atoms with van der Waals surface area (Å²) in [6, 6.07) is 17.6. The molecule has 0 amide bonds. The fraction of sp³-hybridized carbons (Fsp3) is 0.300. The highest BCUT2D eigenvalue weighted by Gasteiger charge is 2.32. The Balaban J connectivity index is 1.35. The van der Waals surface area contributed by atoms with Crippen LogP contribution in [-0.2, 0) is 11.3 Å². The zero-order valence-corrected chi connectivity index (χ0v) is 20.6. The molecule has 4 nitrogen and oxygen atoms in total. The molecule has 0 unspecified atom stereocenters. The molecule has 0 bridgehead atoms. The number of hydrogen-bond acceptors (Lipinski definition) is 3. The quantitative estimate of drug-likeness (QED) is 0.260. The maximum atomic E-state index is 13.9. The largest absolute Gasteiger partial charge is 0.494 e. The summed E-state index contributed by atoms with van der Waals surface area (Å²) in [5.74, 6) is -1.43. The highest BCUT2D eigenvalue weighted by atomic mass is 19.1. The lowest BCUT2D eigenvalue weighted by Gasteiger charge is -2.36. The third kappa shape index (κ3) is 6.79. The Morgan fingerprint density at radius 1 is 1.00 bits per heavy atom. The van der Waals surface area contributed by atoms with Gasteiger partial charge < -0.3 is 9.84 Å². The van der Waals surface area contributed by atoms with Crippen LogP contribution in [0.25, 0.3) is 11.6 Å². The van der Waals surface area contributed by atoms with Crippen LogP contribution < -0.4 is 4.74 Å². The summed E-state index contributed by atoms with van der Waals surface area (Å²) in [6.07, 6.45) is 3.27. The predicted octanol–water partition coefficient (Wildman–Crippen LogP) is 6.50. The van der Waals surface area contributed by atoms with E-state index in [0.717, 1.165) is 40.6 Å². The Kier molecular flexibility index (Phi) is 8.16. The Morgan fingerprint density at radius 3 is 2.33 bits per heavy atom. The van der Waals surface area contributed by atoms with E-state index in [1.165, 1.54) is 17.7 Å². The molecule has 0 atom stereocenters. The first-order valence-electron chi connectivity index (χ1n) is 12.2. The van der Waals surface area contributed by atoms with E-state index in [2.05, 4.69) is 17.9 Å². The average molecular weight is 492 g/mol. The summed E-state index contributed by atoms with van der Waals surface area (Å²) in [6.45, 7) is 6.45. The second kappa shape index (κ2) is 11.5. The Morgan fingerprint density at radius 2 is 1.69 bits per heavy atom. The van der Waals surface area contributed by atoms with Crippen LogP contribution in [0, 0.1) is 31.4 Å². The van der Waals surface area contributed by atoms with Gasteiger partial charge >= 0.3 is 5.97 Å². The number of allylic oxidation sites excluding steroid dienone is 1. The molecule has 0 radical (unpaired) electrons. The third-order valence-electron chi connectivity index (χ3n) is 6.60. The van der Waals surface area contributed by atoms with Crippen LogP contribution in [0.5, 0.6) is 5.75 Å². The fourth-order valence-electron chi connectivity index (χ4n) is 4.35. The van der Waals surface area contributed by atoms with Crippen molar-refractivity contribution in [3.63, 3.8) is 0 Å².